The predicted octanol–water partition coefficient (Wildman–Crippen LogP) is 0.508. The van der Waals surface area contributed by atoms with E-state index in [1.165, 1.54) is 6.08 Å². The highest BCUT2D eigenvalue weighted by atomic mass is 17.2. The summed E-state index contributed by atoms with van der Waals surface area (Å²) < 4.78 is 0. The summed E-state index contributed by atoms with van der Waals surface area (Å²) in [7, 11) is -1.04. The van der Waals surface area contributed by atoms with Crippen LogP contribution in [0.1, 0.15) is 0 Å². The molecule has 0 fully saturated rings. The van der Waals surface area contributed by atoms with E-state index < -0.39 is 7.12 Å². The molecule has 0 saturated carbocycles. The average molecular weight is 178 g/mol. The Kier molecular flexibility index (Phi) is 4.25. The van der Waals surface area contributed by atoms with E-state index in [2.05, 4.69) is 16.3 Å². The Labute approximate surface area is 77.7 Å². The van der Waals surface area contributed by atoms with Crippen LogP contribution in [0.5, 0.6) is 0 Å². The molecular formula is C9H11BO3. The third-order valence-corrected chi connectivity index (χ3v) is 1.43. The van der Waals surface area contributed by atoms with E-state index >= 15 is 0 Å². The van der Waals surface area contributed by atoms with Gasteiger partial charge in [-0.1, -0.05) is 36.4 Å². The molecule has 4 heteroatoms. The first kappa shape index (κ1) is 9.99. The molecule has 0 radical (unpaired) electrons. The van der Waals surface area contributed by atoms with Crippen LogP contribution in [-0.4, -0.2) is 18.7 Å². The minimum Gasteiger partial charge on any atom is -0.422 e. The van der Waals surface area contributed by atoms with Crippen molar-refractivity contribution in [1.29, 1.82) is 0 Å². The minimum absolute atomic E-state index is 0.254. The quantitative estimate of drug-likeness (QED) is 0.234. The molecule has 0 aliphatic heterocycles. The molecule has 0 aliphatic rings. The molecule has 3 nitrogen and oxygen atoms in total. The second kappa shape index (κ2) is 5.53. The lowest BCUT2D eigenvalue weighted by Gasteiger charge is -2.05. The molecule has 0 bridgehead atoms. The molecule has 0 amide bonds. The van der Waals surface area contributed by atoms with Crippen molar-refractivity contribution in [1.82, 2.24) is 0 Å². The van der Waals surface area contributed by atoms with Crippen molar-refractivity contribution in [2.75, 3.05) is 6.61 Å². The highest BCUT2D eigenvalue weighted by Crippen LogP contribution is 1.88. The van der Waals surface area contributed by atoms with Gasteiger partial charge in [-0.3, -0.25) is 4.81 Å². The van der Waals surface area contributed by atoms with Crippen molar-refractivity contribution < 1.29 is 14.7 Å². The maximum Gasteiger partial charge on any atom is 0.523 e. The van der Waals surface area contributed by atoms with Crippen molar-refractivity contribution in [2.24, 2.45) is 0 Å². The fourth-order valence-electron chi connectivity index (χ4n) is 0.825. The number of benzene rings is 1. The summed E-state index contributed by atoms with van der Waals surface area (Å²) in [5.41, 5.74) is 0.659. The van der Waals surface area contributed by atoms with Crippen molar-refractivity contribution in [2.45, 2.75) is 0 Å². The highest BCUT2D eigenvalue weighted by Gasteiger charge is 2.16. The summed E-state index contributed by atoms with van der Waals surface area (Å²) in [6.07, 6.45) is 1.54. The summed E-state index contributed by atoms with van der Waals surface area (Å²) in [6.45, 7) is 3.70. The fourth-order valence-corrected chi connectivity index (χ4v) is 0.825. The van der Waals surface area contributed by atoms with E-state index in [4.69, 9.17) is 0 Å². The summed E-state index contributed by atoms with van der Waals surface area (Å²) in [6, 6.07) is 9.00. The zero-order valence-corrected chi connectivity index (χ0v) is 7.22. The zero-order valence-electron chi connectivity index (χ0n) is 7.22. The smallest absolute Gasteiger partial charge is 0.422 e. The Hall–Kier alpha value is -1.10. The summed E-state index contributed by atoms with van der Waals surface area (Å²) in [5.74, 6) is 0. The normalized spacial score (nSPS) is 9.62. The largest absolute Gasteiger partial charge is 0.523 e. The number of hydrogen-bond acceptors (Lipinski definition) is 3. The Morgan fingerprint density at radius 1 is 1.38 bits per heavy atom. The van der Waals surface area contributed by atoms with Gasteiger partial charge in [0.2, 0.25) is 0 Å². The first-order chi connectivity index (χ1) is 6.34. The van der Waals surface area contributed by atoms with Crippen LogP contribution in [0.15, 0.2) is 43.0 Å². The first-order valence-corrected chi connectivity index (χ1v) is 3.97. The predicted molar refractivity (Wildman–Crippen MR) is 51.3 cm³/mol. The van der Waals surface area contributed by atoms with Crippen LogP contribution in [0.4, 0.5) is 0 Å². The number of rotatable bonds is 5. The van der Waals surface area contributed by atoms with E-state index in [1.54, 1.807) is 12.1 Å². The van der Waals surface area contributed by atoms with Gasteiger partial charge in [-0.2, -0.15) is 0 Å². The molecule has 1 N–H and O–H groups in total. The van der Waals surface area contributed by atoms with Gasteiger partial charge in [-0.25, -0.2) is 4.89 Å². The molecule has 13 heavy (non-hydrogen) atoms. The van der Waals surface area contributed by atoms with Crippen LogP contribution in [0.2, 0.25) is 0 Å². The van der Waals surface area contributed by atoms with Gasteiger partial charge in [0.05, 0.1) is 6.61 Å². The van der Waals surface area contributed by atoms with Crippen LogP contribution >= 0.6 is 0 Å². The van der Waals surface area contributed by atoms with Gasteiger partial charge in [0.15, 0.2) is 0 Å². The molecule has 0 unspecified atom stereocenters. The lowest BCUT2D eigenvalue weighted by atomic mass is 9.80. The third kappa shape index (κ3) is 3.42. The van der Waals surface area contributed by atoms with Gasteiger partial charge in [0.25, 0.3) is 0 Å². The van der Waals surface area contributed by atoms with E-state index in [0.717, 1.165) is 0 Å². The van der Waals surface area contributed by atoms with Gasteiger partial charge in [0.1, 0.15) is 0 Å². The Bertz CT molecular complexity index is 250. The topological polar surface area (TPSA) is 38.7 Å². The van der Waals surface area contributed by atoms with Crippen LogP contribution < -0.4 is 5.46 Å². The molecule has 0 aromatic heterocycles. The Morgan fingerprint density at radius 2 is 2.08 bits per heavy atom. The third-order valence-electron chi connectivity index (χ3n) is 1.43. The SMILES string of the molecule is C=CCOOB(O)c1ccccc1. The van der Waals surface area contributed by atoms with E-state index in [0.29, 0.717) is 5.46 Å². The second-order valence-corrected chi connectivity index (χ2v) is 2.43. The monoisotopic (exact) mass is 178 g/mol. The summed E-state index contributed by atoms with van der Waals surface area (Å²) in [4.78, 5) is 9.28. The molecule has 68 valence electrons. The van der Waals surface area contributed by atoms with Crippen LogP contribution in [0, 0.1) is 0 Å². The maximum absolute atomic E-state index is 9.37. The van der Waals surface area contributed by atoms with Gasteiger partial charge in [0, 0.05) is 0 Å². The average Bonchev–Trinajstić information content (AvgIpc) is 2.19. The van der Waals surface area contributed by atoms with Crippen LogP contribution in [0.3, 0.4) is 0 Å². The lowest BCUT2D eigenvalue weighted by molar-refractivity contribution is -0.210. The molecule has 0 saturated heterocycles. The Balaban J connectivity index is 2.39. The zero-order chi connectivity index (χ0) is 9.52. The van der Waals surface area contributed by atoms with Crippen LogP contribution in [-0.2, 0) is 9.69 Å². The highest BCUT2D eigenvalue weighted by molar-refractivity contribution is 6.59. The fraction of sp³-hybridized carbons (Fsp3) is 0.111. The molecular weight excluding hydrogens is 167 g/mol. The first-order valence-electron chi connectivity index (χ1n) is 3.97. The molecule has 0 aliphatic carbocycles. The van der Waals surface area contributed by atoms with Gasteiger partial charge >= 0.3 is 7.12 Å². The lowest BCUT2D eigenvalue weighted by Crippen LogP contribution is -2.33. The Morgan fingerprint density at radius 3 is 2.69 bits per heavy atom. The maximum atomic E-state index is 9.37. The van der Waals surface area contributed by atoms with Crippen molar-refractivity contribution in [3.05, 3.63) is 43.0 Å². The van der Waals surface area contributed by atoms with E-state index in [-0.39, 0.29) is 6.61 Å². The molecule has 0 heterocycles. The number of hydrogen-bond donors (Lipinski definition) is 1. The molecule has 1 rings (SSSR count). The second-order valence-electron chi connectivity index (χ2n) is 2.43. The van der Waals surface area contributed by atoms with E-state index in [1.807, 2.05) is 18.2 Å². The molecule has 0 spiro atoms. The molecule has 0 atom stereocenters. The summed E-state index contributed by atoms with van der Waals surface area (Å²) in [5, 5.41) is 9.37. The standard InChI is InChI=1S/C9H11BO3/c1-2-8-12-13-10(11)9-6-4-3-5-7-9/h2-7,11H,1,8H2. The van der Waals surface area contributed by atoms with E-state index in [9.17, 15) is 5.02 Å². The van der Waals surface area contributed by atoms with Crippen molar-refractivity contribution in [3.63, 3.8) is 0 Å². The van der Waals surface area contributed by atoms with Crippen LogP contribution in [0.25, 0.3) is 0 Å². The van der Waals surface area contributed by atoms with Gasteiger partial charge in [-0.15, -0.1) is 6.58 Å². The minimum atomic E-state index is -1.04. The summed E-state index contributed by atoms with van der Waals surface area (Å²) >= 11 is 0. The van der Waals surface area contributed by atoms with Gasteiger partial charge < -0.3 is 5.02 Å². The van der Waals surface area contributed by atoms with Crippen molar-refractivity contribution in [3.8, 4) is 0 Å². The van der Waals surface area contributed by atoms with Crippen molar-refractivity contribution >= 4 is 12.6 Å². The van der Waals surface area contributed by atoms with Gasteiger partial charge in [-0.05, 0) is 5.46 Å². The molecule has 1 aromatic carbocycles. The molecule has 1 aromatic rings.